The molecule has 186 valence electrons. The molecule has 0 saturated carbocycles. The first-order chi connectivity index (χ1) is 16.8. The Bertz CT molecular complexity index is 1310. The number of anilines is 1. The highest BCUT2D eigenvalue weighted by Gasteiger charge is 2.23. The van der Waals surface area contributed by atoms with E-state index in [-0.39, 0.29) is 18.9 Å². The second-order valence-corrected chi connectivity index (χ2v) is 9.45. The lowest BCUT2D eigenvalue weighted by atomic mass is 10.1. The molecule has 1 aliphatic rings. The van der Waals surface area contributed by atoms with E-state index in [1.807, 2.05) is 12.1 Å². The van der Waals surface area contributed by atoms with Crippen LogP contribution in [0.3, 0.4) is 0 Å². The van der Waals surface area contributed by atoms with Crippen molar-refractivity contribution in [1.29, 1.82) is 0 Å². The molecular weight excluding hydrogens is 442 g/mol. The summed E-state index contributed by atoms with van der Waals surface area (Å²) in [4.78, 5) is 42.1. The number of carbonyl (C=O) groups is 1. The van der Waals surface area contributed by atoms with Crippen molar-refractivity contribution in [1.82, 2.24) is 19.4 Å². The Morgan fingerprint density at radius 3 is 2.51 bits per heavy atom. The number of amides is 1. The molecule has 0 spiro atoms. The van der Waals surface area contributed by atoms with Crippen LogP contribution in [0.25, 0.3) is 11.0 Å². The van der Waals surface area contributed by atoms with Gasteiger partial charge in [0.1, 0.15) is 0 Å². The molecule has 8 nitrogen and oxygen atoms in total. The molecule has 2 heterocycles. The van der Waals surface area contributed by atoms with Gasteiger partial charge in [-0.3, -0.25) is 19.3 Å². The Balaban J connectivity index is 1.23. The summed E-state index contributed by atoms with van der Waals surface area (Å²) in [6.07, 6.45) is 1.03. The normalized spacial score (nSPS) is 16.5. The van der Waals surface area contributed by atoms with Crippen LogP contribution in [0.4, 0.5) is 5.69 Å². The minimum Gasteiger partial charge on any atom is -0.366 e. The van der Waals surface area contributed by atoms with E-state index >= 15 is 0 Å². The van der Waals surface area contributed by atoms with E-state index in [1.165, 1.54) is 20.4 Å². The van der Waals surface area contributed by atoms with Gasteiger partial charge < -0.3 is 19.4 Å². The van der Waals surface area contributed by atoms with Crippen molar-refractivity contribution in [3.05, 3.63) is 74.8 Å². The van der Waals surface area contributed by atoms with Crippen molar-refractivity contribution < 1.29 is 4.79 Å². The van der Waals surface area contributed by atoms with Gasteiger partial charge in [-0.25, -0.2) is 0 Å². The molecule has 3 aromatic rings. The van der Waals surface area contributed by atoms with Gasteiger partial charge in [0.2, 0.25) is 5.91 Å². The molecule has 0 radical (unpaired) electrons. The van der Waals surface area contributed by atoms with Crippen LogP contribution in [-0.2, 0) is 18.4 Å². The van der Waals surface area contributed by atoms with Crippen molar-refractivity contribution in [3.63, 3.8) is 0 Å². The zero-order valence-electron chi connectivity index (χ0n) is 20.9. The Labute approximate surface area is 205 Å². The molecule has 1 aliphatic heterocycles. The number of hydrogen-bond acceptors (Lipinski definition) is 5. The number of carbonyl (C=O) groups excluding carboxylic acids is 1. The standard InChI is InChI=1S/C27H35N5O3/c1-20-8-6-9-22(18-20)31-17-16-30(19-21(31)2)14-7-13-28-25(33)12-15-32-24-11-5-4-10-23(24)29(3)26(34)27(32)35/h4-6,8-11,18,21H,7,12-17,19H2,1-3H3,(H,28,33)/t21-/m0/s1. The zero-order valence-corrected chi connectivity index (χ0v) is 20.9. The molecule has 1 atom stereocenters. The predicted molar refractivity (Wildman–Crippen MR) is 140 cm³/mol. The summed E-state index contributed by atoms with van der Waals surface area (Å²) >= 11 is 0. The maximum absolute atomic E-state index is 12.5. The van der Waals surface area contributed by atoms with Gasteiger partial charge in [-0.15, -0.1) is 0 Å². The fourth-order valence-corrected chi connectivity index (χ4v) is 4.93. The first kappa shape index (κ1) is 24.7. The average Bonchev–Trinajstić information content (AvgIpc) is 2.85. The minimum absolute atomic E-state index is 0.112. The Morgan fingerprint density at radius 2 is 1.77 bits per heavy atom. The second-order valence-electron chi connectivity index (χ2n) is 9.45. The fraction of sp³-hybridized carbons (Fsp3) is 0.444. The van der Waals surface area contributed by atoms with Gasteiger partial charge in [0, 0.05) is 57.9 Å². The Hall–Kier alpha value is -3.39. The van der Waals surface area contributed by atoms with Crippen LogP contribution in [0, 0.1) is 6.92 Å². The predicted octanol–water partition coefficient (Wildman–Crippen LogP) is 2.12. The van der Waals surface area contributed by atoms with Crippen LogP contribution in [0.5, 0.6) is 0 Å². The lowest BCUT2D eigenvalue weighted by Crippen LogP contribution is -2.52. The molecule has 0 bridgehead atoms. The largest absolute Gasteiger partial charge is 0.366 e. The molecule has 1 aromatic heterocycles. The smallest absolute Gasteiger partial charge is 0.316 e. The summed E-state index contributed by atoms with van der Waals surface area (Å²) in [7, 11) is 1.59. The van der Waals surface area contributed by atoms with E-state index in [9.17, 15) is 14.4 Å². The van der Waals surface area contributed by atoms with E-state index < -0.39 is 11.1 Å². The van der Waals surface area contributed by atoms with Gasteiger partial charge in [0.25, 0.3) is 0 Å². The highest BCUT2D eigenvalue weighted by molar-refractivity contribution is 5.77. The van der Waals surface area contributed by atoms with E-state index in [1.54, 1.807) is 19.2 Å². The highest BCUT2D eigenvalue weighted by Crippen LogP contribution is 2.21. The number of piperazine rings is 1. The number of aromatic nitrogens is 2. The molecule has 2 aromatic carbocycles. The summed E-state index contributed by atoms with van der Waals surface area (Å²) in [5, 5.41) is 2.96. The summed E-state index contributed by atoms with van der Waals surface area (Å²) in [6, 6.07) is 16.3. The van der Waals surface area contributed by atoms with E-state index in [0.29, 0.717) is 23.6 Å². The van der Waals surface area contributed by atoms with Gasteiger partial charge in [-0.05, 0) is 56.6 Å². The number of hydrogen-bond donors (Lipinski definition) is 1. The Morgan fingerprint density at radius 1 is 1.00 bits per heavy atom. The zero-order chi connectivity index (χ0) is 24.9. The molecule has 1 amide bonds. The van der Waals surface area contributed by atoms with Gasteiger partial charge in [-0.2, -0.15) is 0 Å². The number of rotatable bonds is 8. The van der Waals surface area contributed by atoms with Crippen LogP contribution >= 0.6 is 0 Å². The number of benzene rings is 2. The molecule has 1 fully saturated rings. The van der Waals surface area contributed by atoms with Gasteiger partial charge in [0.05, 0.1) is 11.0 Å². The molecule has 0 unspecified atom stereocenters. The second kappa shape index (κ2) is 10.9. The number of nitrogens with one attached hydrogen (secondary N) is 1. The third-order valence-corrected chi connectivity index (χ3v) is 6.85. The van der Waals surface area contributed by atoms with Crippen LogP contribution in [0.15, 0.2) is 58.1 Å². The van der Waals surface area contributed by atoms with E-state index in [2.05, 4.69) is 53.2 Å². The fourth-order valence-electron chi connectivity index (χ4n) is 4.93. The van der Waals surface area contributed by atoms with Crippen molar-refractivity contribution in [3.8, 4) is 0 Å². The van der Waals surface area contributed by atoms with E-state index in [4.69, 9.17) is 0 Å². The SMILES string of the molecule is Cc1cccc(N2CCN(CCCNC(=O)CCn3c(=O)c(=O)n(C)c4ccccc43)C[C@@H]2C)c1. The number of nitrogens with zero attached hydrogens (tertiary/aromatic N) is 4. The van der Waals surface area contributed by atoms with Crippen LogP contribution in [0.2, 0.25) is 0 Å². The summed E-state index contributed by atoms with van der Waals surface area (Å²) < 4.78 is 2.77. The van der Waals surface area contributed by atoms with Crippen molar-refractivity contribution >= 4 is 22.6 Å². The monoisotopic (exact) mass is 477 g/mol. The molecule has 0 aliphatic carbocycles. The average molecular weight is 478 g/mol. The molecular formula is C27H35N5O3. The topological polar surface area (TPSA) is 79.6 Å². The molecule has 8 heteroatoms. The minimum atomic E-state index is -0.599. The maximum Gasteiger partial charge on any atom is 0.316 e. The summed E-state index contributed by atoms with van der Waals surface area (Å²) in [5.74, 6) is -0.112. The maximum atomic E-state index is 12.5. The molecule has 1 N–H and O–H groups in total. The van der Waals surface area contributed by atoms with Gasteiger partial charge in [0.15, 0.2) is 0 Å². The third kappa shape index (κ3) is 5.65. The third-order valence-electron chi connectivity index (χ3n) is 6.85. The lowest BCUT2D eigenvalue weighted by molar-refractivity contribution is -0.121. The highest BCUT2D eigenvalue weighted by atomic mass is 16.2. The number of para-hydroxylation sites is 2. The summed E-state index contributed by atoms with van der Waals surface area (Å²) in [5.41, 5.74) is 2.72. The van der Waals surface area contributed by atoms with Crippen LogP contribution in [0.1, 0.15) is 25.3 Å². The van der Waals surface area contributed by atoms with Gasteiger partial charge in [-0.1, -0.05) is 24.3 Å². The molecule has 35 heavy (non-hydrogen) atoms. The molecule has 1 saturated heterocycles. The van der Waals surface area contributed by atoms with Crippen LogP contribution < -0.4 is 21.3 Å². The Kier molecular flexibility index (Phi) is 7.70. The summed E-state index contributed by atoms with van der Waals surface area (Å²) in [6.45, 7) is 9.10. The first-order valence-electron chi connectivity index (χ1n) is 12.4. The first-order valence-corrected chi connectivity index (χ1v) is 12.4. The van der Waals surface area contributed by atoms with Gasteiger partial charge >= 0.3 is 11.1 Å². The number of aryl methyl sites for hydroxylation is 3. The van der Waals surface area contributed by atoms with Crippen molar-refractivity contribution in [2.24, 2.45) is 7.05 Å². The van der Waals surface area contributed by atoms with E-state index in [0.717, 1.165) is 32.6 Å². The molecule has 4 rings (SSSR count). The quantitative estimate of drug-likeness (QED) is 0.397. The van der Waals surface area contributed by atoms with Crippen LogP contribution in [-0.4, -0.2) is 58.7 Å². The lowest BCUT2D eigenvalue weighted by Gasteiger charge is -2.41. The van der Waals surface area contributed by atoms with Crippen molar-refractivity contribution in [2.45, 2.75) is 39.3 Å². The van der Waals surface area contributed by atoms with Crippen molar-refractivity contribution in [2.75, 3.05) is 37.6 Å². The number of fused-ring (bicyclic) bond motifs is 1.